The third-order valence-electron chi connectivity index (χ3n) is 5.47. The van der Waals surface area contributed by atoms with Gasteiger partial charge in [0, 0.05) is 33.5 Å². The highest BCUT2D eigenvalue weighted by Gasteiger charge is 2.41. The SMILES string of the molecule is Oc1c2c(c(O)n1-c1ccccc1OCc1ccccc1Cl)C1C=CC2C1. The average molecular weight is 380 g/mol. The maximum Gasteiger partial charge on any atom is 0.202 e. The standard InChI is InChI=1S/C22H18ClNO3/c23-16-6-2-1-5-15(16)12-27-18-8-4-3-7-17(18)24-21(25)19-13-9-10-14(11-13)20(19)22(24)26/h1-10,13-14,25-26H,11-12H2. The molecule has 5 rings (SSSR count). The van der Waals surface area contributed by atoms with Crippen LogP contribution in [0.4, 0.5) is 0 Å². The zero-order valence-electron chi connectivity index (χ0n) is 14.5. The molecule has 5 heteroatoms. The van der Waals surface area contributed by atoms with Crippen molar-refractivity contribution in [2.24, 2.45) is 0 Å². The van der Waals surface area contributed by atoms with E-state index in [9.17, 15) is 10.2 Å². The van der Waals surface area contributed by atoms with Gasteiger partial charge in [0.05, 0.1) is 5.69 Å². The molecule has 2 aliphatic rings. The molecule has 0 radical (unpaired) electrons. The van der Waals surface area contributed by atoms with E-state index < -0.39 is 0 Å². The van der Waals surface area contributed by atoms with Crippen LogP contribution in [-0.2, 0) is 6.61 Å². The van der Waals surface area contributed by atoms with Gasteiger partial charge in [-0.05, 0) is 24.6 Å². The van der Waals surface area contributed by atoms with E-state index >= 15 is 0 Å². The summed E-state index contributed by atoms with van der Waals surface area (Å²) in [6.07, 6.45) is 5.14. The molecule has 2 aromatic carbocycles. The van der Waals surface area contributed by atoms with Crippen molar-refractivity contribution in [3.8, 4) is 23.2 Å². The number of halogens is 1. The number of hydrogen-bond acceptors (Lipinski definition) is 3. The molecule has 2 bridgehead atoms. The lowest BCUT2D eigenvalue weighted by atomic mass is 10.0. The van der Waals surface area contributed by atoms with Crippen LogP contribution in [0.25, 0.3) is 5.69 Å². The van der Waals surface area contributed by atoms with Gasteiger partial charge in [-0.15, -0.1) is 0 Å². The van der Waals surface area contributed by atoms with Crippen LogP contribution in [0, 0.1) is 0 Å². The first-order valence-corrected chi connectivity index (χ1v) is 9.33. The highest BCUT2D eigenvalue weighted by Crippen LogP contribution is 2.57. The maximum absolute atomic E-state index is 10.9. The van der Waals surface area contributed by atoms with E-state index in [0.717, 1.165) is 23.1 Å². The lowest BCUT2D eigenvalue weighted by Gasteiger charge is -2.15. The Labute approximate surface area is 161 Å². The Morgan fingerprint density at radius 2 is 1.56 bits per heavy atom. The van der Waals surface area contributed by atoms with Gasteiger partial charge < -0.3 is 14.9 Å². The van der Waals surface area contributed by atoms with Crippen LogP contribution in [0.3, 0.4) is 0 Å². The summed E-state index contributed by atoms with van der Waals surface area (Å²) < 4.78 is 7.48. The lowest BCUT2D eigenvalue weighted by Crippen LogP contribution is -2.02. The van der Waals surface area contributed by atoms with Crippen molar-refractivity contribution >= 4 is 11.6 Å². The second-order valence-electron chi connectivity index (χ2n) is 6.99. The molecule has 2 aliphatic carbocycles. The van der Waals surface area contributed by atoms with Gasteiger partial charge in [-0.25, -0.2) is 4.57 Å². The Balaban J connectivity index is 1.54. The van der Waals surface area contributed by atoms with E-state index in [0.29, 0.717) is 23.1 Å². The number of benzene rings is 2. The van der Waals surface area contributed by atoms with E-state index in [4.69, 9.17) is 16.3 Å². The summed E-state index contributed by atoms with van der Waals surface area (Å²) in [5.41, 5.74) is 3.15. The maximum atomic E-state index is 10.9. The molecule has 2 N–H and O–H groups in total. The Bertz CT molecular complexity index is 1030. The van der Waals surface area contributed by atoms with Crippen molar-refractivity contribution in [3.63, 3.8) is 0 Å². The first-order chi connectivity index (χ1) is 13.1. The number of aromatic nitrogens is 1. The molecule has 2 atom stereocenters. The predicted octanol–water partition coefficient (Wildman–Crippen LogP) is 5.26. The lowest BCUT2D eigenvalue weighted by molar-refractivity contribution is 0.302. The second kappa shape index (κ2) is 6.10. The summed E-state index contributed by atoms with van der Waals surface area (Å²) in [6.45, 7) is 0.298. The molecule has 136 valence electrons. The van der Waals surface area contributed by atoms with Crippen LogP contribution in [0.2, 0.25) is 5.02 Å². The van der Waals surface area contributed by atoms with Gasteiger partial charge in [-0.1, -0.05) is 54.1 Å². The molecular formula is C22H18ClNO3. The molecule has 0 saturated heterocycles. The molecule has 0 spiro atoms. The predicted molar refractivity (Wildman–Crippen MR) is 104 cm³/mol. The Morgan fingerprint density at radius 3 is 2.26 bits per heavy atom. The summed E-state index contributed by atoms with van der Waals surface area (Å²) >= 11 is 6.22. The van der Waals surface area contributed by atoms with Crippen molar-refractivity contribution in [2.75, 3.05) is 0 Å². The molecule has 2 unspecified atom stereocenters. The number of para-hydroxylation sites is 2. The first kappa shape index (κ1) is 16.3. The van der Waals surface area contributed by atoms with Crippen molar-refractivity contribution < 1.29 is 14.9 Å². The smallest absolute Gasteiger partial charge is 0.202 e. The van der Waals surface area contributed by atoms with Crippen LogP contribution >= 0.6 is 11.6 Å². The fourth-order valence-electron chi connectivity index (χ4n) is 4.20. The zero-order chi connectivity index (χ0) is 18.5. The third kappa shape index (κ3) is 2.44. The topological polar surface area (TPSA) is 54.6 Å². The van der Waals surface area contributed by atoms with Crippen molar-refractivity contribution in [2.45, 2.75) is 24.9 Å². The molecule has 0 aliphatic heterocycles. The Kier molecular flexibility index (Phi) is 3.69. The van der Waals surface area contributed by atoms with Gasteiger partial charge in [-0.2, -0.15) is 0 Å². The molecule has 0 saturated carbocycles. The van der Waals surface area contributed by atoms with E-state index in [1.807, 2.05) is 48.5 Å². The summed E-state index contributed by atoms with van der Waals surface area (Å²) in [6, 6.07) is 14.9. The van der Waals surface area contributed by atoms with E-state index in [1.165, 1.54) is 4.57 Å². The minimum Gasteiger partial charge on any atom is -0.494 e. The average Bonchev–Trinajstić information content (AvgIpc) is 3.36. The molecule has 0 amide bonds. The highest BCUT2D eigenvalue weighted by atomic mass is 35.5. The van der Waals surface area contributed by atoms with E-state index in [2.05, 4.69) is 12.2 Å². The Hall–Kier alpha value is -2.85. The molecule has 3 aromatic rings. The number of fused-ring (bicyclic) bond motifs is 5. The quantitative estimate of drug-likeness (QED) is 0.608. The van der Waals surface area contributed by atoms with Crippen LogP contribution in [0.1, 0.15) is 34.9 Å². The third-order valence-corrected chi connectivity index (χ3v) is 5.84. The zero-order valence-corrected chi connectivity index (χ0v) is 15.2. The molecule has 1 aromatic heterocycles. The van der Waals surface area contributed by atoms with E-state index in [1.54, 1.807) is 0 Å². The number of allylic oxidation sites excluding steroid dienone is 2. The molecular weight excluding hydrogens is 362 g/mol. The van der Waals surface area contributed by atoms with Crippen LogP contribution in [0.15, 0.2) is 60.7 Å². The fourth-order valence-corrected chi connectivity index (χ4v) is 4.39. The second-order valence-corrected chi connectivity index (χ2v) is 7.40. The highest BCUT2D eigenvalue weighted by molar-refractivity contribution is 6.31. The largest absolute Gasteiger partial charge is 0.494 e. The van der Waals surface area contributed by atoms with Gasteiger partial charge in [0.2, 0.25) is 11.8 Å². The fraction of sp³-hybridized carbons (Fsp3) is 0.182. The van der Waals surface area contributed by atoms with E-state index in [-0.39, 0.29) is 23.6 Å². The number of nitrogens with zero attached hydrogens (tertiary/aromatic N) is 1. The van der Waals surface area contributed by atoms with Gasteiger partial charge in [0.1, 0.15) is 12.4 Å². The molecule has 1 heterocycles. The minimum absolute atomic E-state index is 0.0909. The van der Waals surface area contributed by atoms with Crippen LogP contribution < -0.4 is 4.74 Å². The molecule has 0 fully saturated rings. The first-order valence-electron chi connectivity index (χ1n) is 8.95. The molecule has 4 nitrogen and oxygen atoms in total. The van der Waals surface area contributed by atoms with Crippen molar-refractivity contribution in [1.82, 2.24) is 4.57 Å². The van der Waals surface area contributed by atoms with Gasteiger partial charge in [-0.3, -0.25) is 0 Å². The summed E-state index contributed by atoms with van der Waals surface area (Å²) in [5, 5.41) is 22.3. The van der Waals surface area contributed by atoms with Crippen molar-refractivity contribution in [3.05, 3.63) is 82.4 Å². The number of aromatic hydroxyl groups is 2. The summed E-state index contributed by atoms with van der Waals surface area (Å²) in [7, 11) is 0. The number of rotatable bonds is 4. The van der Waals surface area contributed by atoms with Gasteiger partial charge >= 0.3 is 0 Å². The van der Waals surface area contributed by atoms with Gasteiger partial charge in [0.25, 0.3) is 0 Å². The number of hydrogen-bond donors (Lipinski definition) is 2. The van der Waals surface area contributed by atoms with Crippen molar-refractivity contribution in [1.29, 1.82) is 0 Å². The molecule has 27 heavy (non-hydrogen) atoms. The Morgan fingerprint density at radius 1 is 0.926 bits per heavy atom. The van der Waals surface area contributed by atoms with Crippen LogP contribution in [0.5, 0.6) is 17.5 Å². The normalized spacial score (nSPS) is 19.4. The van der Waals surface area contributed by atoms with Gasteiger partial charge in [0.15, 0.2) is 0 Å². The number of ether oxygens (including phenoxy) is 1. The van der Waals surface area contributed by atoms with Crippen LogP contribution in [-0.4, -0.2) is 14.8 Å². The minimum atomic E-state index is 0.0909. The monoisotopic (exact) mass is 379 g/mol. The summed E-state index contributed by atoms with van der Waals surface area (Å²) in [4.78, 5) is 0. The summed E-state index contributed by atoms with van der Waals surface area (Å²) in [5.74, 6) is 1.10.